The molecule has 110 valence electrons. The molecule has 6 nitrogen and oxygen atoms in total. The summed E-state index contributed by atoms with van der Waals surface area (Å²) >= 11 is 0. The Morgan fingerprint density at radius 3 is 2.50 bits per heavy atom. The fourth-order valence-electron chi connectivity index (χ4n) is 2.14. The lowest BCUT2D eigenvalue weighted by Crippen LogP contribution is -1.96. The van der Waals surface area contributed by atoms with Crippen molar-refractivity contribution >= 4 is 5.69 Å². The zero-order valence-corrected chi connectivity index (χ0v) is 11.6. The zero-order chi connectivity index (χ0) is 15.7. The van der Waals surface area contributed by atoms with Crippen LogP contribution in [0.2, 0.25) is 0 Å². The van der Waals surface area contributed by atoms with Crippen molar-refractivity contribution in [2.75, 3.05) is 0 Å². The van der Waals surface area contributed by atoms with Gasteiger partial charge < -0.3 is 0 Å². The molecule has 0 fully saturated rings. The lowest BCUT2D eigenvalue weighted by atomic mass is 10.1. The third-order valence-electron chi connectivity index (χ3n) is 3.21. The minimum atomic E-state index is -0.495. The molecule has 0 atom stereocenters. The summed E-state index contributed by atoms with van der Waals surface area (Å²) < 4.78 is 14.6. The second kappa shape index (κ2) is 5.36. The first-order valence-electron chi connectivity index (χ1n) is 6.45. The molecule has 0 spiro atoms. The van der Waals surface area contributed by atoms with Crippen LogP contribution >= 0.6 is 0 Å². The highest BCUT2D eigenvalue weighted by Crippen LogP contribution is 2.31. The Hall–Kier alpha value is -3.09. The molecule has 0 aliphatic carbocycles. The maximum Gasteiger partial charge on any atom is 0.297 e. The van der Waals surface area contributed by atoms with Crippen molar-refractivity contribution in [3.05, 3.63) is 64.7 Å². The molecule has 0 unspecified atom stereocenters. The first-order valence-corrected chi connectivity index (χ1v) is 6.45. The normalized spacial score (nSPS) is 10.6. The Balaban J connectivity index is 2.15. The average molecular weight is 298 g/mol. The molecule has 22 heavy (non-hydrogen) atoms. The van der Waals surface area contributed by atoms with E-state index in [2.05, 4.69) is 10.1 Å². The van der Waals surface area contributed by atoms with E-state index in [1.165, 1.54) is 18.3 Å². The van der Waals surface area contributed by atoms with E-state index in [0.717, 1.165) is 0 Å². The van der Waals surface area contributed by atoms with Crippen LogP contribution in [0.1, 0.15) is 0 Å². The largest absolute Gasteiger partial charge is 0.297 e. The molecule has 3 rings (SSSR count). The summed E-state index contributed by atoms with van der Waals surface area (Å²) in [6.07, 6.45) is 2.90. The predicted octanol–water partition coefficient (Wildman–Crippen LogP) is 3.20. The number of aromatic nitrogens is 3. The van der Waals surface area contributed by atoms with Crippen molar-refractivity contribution in [3.63, 3.8) is 0 Å². The lowest BCUT2D eigenvalue weighted by molar-refractivity contribution is -0.384. The molecule has 0 saturated heterocycles. The number of hydrogen-bond donors (Lipinski definition) is 0. The first kappa shape index (κ1) is 13.9. The van der Waals surface area contributed by atoms with Crippen LogP contribution in [0.4, 0.5) is 10.1 Å². The van der Waals surface area contributed by atoms with Gasteiger partial charge in [0.15, 0.2) is 0 Å². The Kier molecular flexibility index (Phi) is 3.38. The zero-order valence-electron chi connectivity index (χ0n) is 11.6. The minimum absolute atomic E-state index is 0.121. The van der Waals surface area contributed by atoms with Gasteiger partial charge in [0.25, 0.3) is 5.69 Å². The molecule has 2 aromatic heterocycles. The number of pyridine rings is 1. The van der Waals surface area contributed by atoms with E-state index in [9.17, 15) is 14.5 Å². The standard InChI is InChI=1S/C15H11FN4O2/c1-19-7-6-13(18-19)12-8-14(17-9-15(12)20(21)22)10-2-4-11(16)5-3-10/h2-9H,1H3. The topological polar surface area (TPSA) is 73.8 Å². The summed E-state index contributed by atoms with van der Waals surface area (Å²) in [5.74, 6) is -0.351. The van der Waals surface area contributed by atoms with Crippen molar-refractivity contribution in [1.29, 1.82) is 0 Å². The van der Waals surface area contributed by atoms with Crippen LogP contribution < -0.4 is 0 Å². The van der Waals surface area contributed by atoms with E-state index >= 15 is 0 Å². The number of benzene rings is 1. The molecule has 1 aromatic carbocycles. The molecule has 0 N–H and O–H groups in total. The molecular formula is C15H11FN4O2. The molecule has 3 aromatic rings. The van der Waals surface area contributed by atoms with E-state index in [4.69, 9.17) is 0 Å². The van der Waals surface area contributed by atoms with Crippen LogP contribution in [-0.4, -0.2) is 19.7 Å². The Bertz CT molecular complexity index is 843. The van der Waals surface area contributed by atoms with E-state index in [-0.39, 0.29) is 11.5 Å². The third-order valence-corrected chi connectivity index (χ3v) is 3.21. The van der Waals surface area contributed by atoms with Gasteiger partial charge in [-0.05, 0) is 36.4 Å². The monoisotopic (exact) mass is 298 g/mol. The lowest BCUT2D eigenvalue weighted by Gasteiger charge is -2.04. The van der Waals surface area contributed by atoms with Crippen LogP contribution in [-0.2, 0) is 7.05 Å². The molecule has 0 radical (unpaired) electrons. The summed E-state index contributed by atoms with van der Waals surface area (Å²) in [5, 5.41) is 15.4. The van der Waals surface area contributed by atoms with Gasteiger partial charge in [0.05, 0.1) is 21.9 Å². The predicted molar refractivity (Wildman–Crippen MR) is 78.5 cm³/mol. The van der Waals surface area contributed by atoms with Crippen LogP contribution in [0.5, 0.6) is 0 Å². The summed E-state index contributed by atoms with van der Waals surface area (Å²) in [4.78, 5) is 14.8. The number of nitrogens with zero attached hydrogens (tertiary/aromatic N) is 4. The summed E-state index contributed by atoms with van der Waals surface area (Å²) in [6, 6.07) is 9.07. The SMILES string of the molecule is Cn1ccc(-c2cc(-c3ccc(F)cc3)ncc2[N+](=O)[O-])n1. The molecule has 7 heteroatoms. The van der Waals surface area contributed by atoms with Crippen molar-refractivity contribution in [3.8, 4) is 22.5 Å². The van der Waals surface area contributed by atoms with Gasteiger partial charge in [0.1, 0.15) is 12.0 Å². The maximum absolute atomic E-state index is 13.0. The molecular weight excluding hydrogens is 287 g/mol. The first-order chi connectivity index (χ1) is 10.5. The second-order valence-electron chi connectivity index (χ2n) is 4.73. The maximum atomic E-state index is 13.0. The molecule has 0 aliphatic heterocycles. The van der Waals surface area contributed by atoms with Gasteiger partial charge >= 0.3 is 0 Å². The molecule has 0 saturated carbocycles. The van der Waals surface area contributed by atoms with Gasteiger partial charge in [-0.3, -0.25) is 14.8 Å². The molecule has 2 heterocycles. The van der Waals surface area contributed by atoms with Gasteiger partial charge in [-0.15, -0.1) is 0 Å². The second-order valence-corrected chi connectivity index (χ2v) is 4.73. The summed E-state index contributed by atoms with van der Waals surface area (Å²) in [6.45, 7) is 0. The van der Waals surface area contributed by atoms with Gasteiger partial charge in [-0.2, -0.15) is 5.10 Å². The van der Waals surface area contributed by atoms with Crippen LogP contribution in [0.3, 0.4) is 0 Å². The Morgan fingerprint density at radius 2 is 1.91 bits per heavy atom. The van der Waals surface area contributed by atoms with Crippen molar-refractivity contribution in [1.82, 2.24) is 14.8 Å². The summed E-state index contributed by atoms with van der Waals surface area (Å²) in [5.41, 5.74) is 1.93. The van der Waals surface area contributed by atoms with Crippen molar-refractivity contribution in [2.24, 2.45) is 7.05 Å². The van der Waals surface area contributed by atoms with E-state index in [0.29, 0.717) is 22.5 Å². The van der Waals surface area contributed by atoms with Crippen LogP contribution in [0.15, 0.2) is 48.8 Å². The average Bonchev–Trinajstić information content (AvgIpc) is 2.94. The van der Waals surface area contributed by atoms with Gasteiger partial charge in [0, 0.05) is 18.8 Å². The number of halogens is 1. The number of hydrogen-bond acceptors (Lipinski definition) is 4. The van der Waals surface area contributed by atoms with Crippen molar-refractivity contribution < 1.29 is 9.31 Å². The van der Waals surface area contributed by atoms with E-state index < -0.39 is 4.92 Å². The van der Waals surface area contributed by atoms with E-state index in [1.807, 2.05) is 0 Å². The highest BCUT2D eigenvalue weighted by molar-refractivity contribution is 5.75. The van der Waals surface area contributed by atoms with Crippen LogP contribution in [0, 0.1) is 15.9 Å². The number of rotatable bonds is 3. The number of aryl methyl sites for hydroxylation is 1. The molecule has 0 aliphatic rings. The quantitative estimate of drug-likeness (QED) is 0.549. The summed E-state index contributed by atoms with van der Waals surface area (Å²) in [7, 11) is 1.73. The minimum Gasteiger partial charge on any atom is -0.275 e. The fourth-order valence-corrected chi connectivity index (χ4v) is 2.14. The highest BCUT2D eigenvalue weighted by atomic mass is 19.1. The smallest absolute Gasteiger partial charge is 0.275 e. The Labute approximate surface area is 125 Å². The molecule has 0 bridgehead atoms. The van der Waals surface area contributed by atoms with Crippen molar-refractivity contribution in [2.45, 2.75) is 0 Å². The Morgan fingerprint density at radius 1 is 1.18 bits per heavy atom. The fraction of sp³-hybridized carbons (Fsp3) is 0.0667. The van der Waals surface area contributed by atoms with E-state index in [1.54, 1.807) is 42.2 Å². The van der Waals surface area contributed by atoms with Gasteiger partial charge in [-0.25, -0.2) is 9.37 Å². The van der Waals surface area contributed by atoms with Gasteiger partial charge in [-0.1, -0.05) is 0 Å². The molecule has 0 amide bonds. The van der Waals surface area contributed by atoms with Gasteiger partial charge in [0.2, 0.25) is 0 Å². The number of nitro groups is 1. The third kappa shape index (κ3) is 2.56. The van der Waals surface area contributed by atoms with Crippen LogP contribution in [0.25, 0.3) is 22.5 Å². The highest BCUT2D eigenvalue weighted by Gasteiger charge is 2.19.